The molecular formula is C13H14Br2N2O3S. The zero-order valence-electron chi connectivity index (χ0n) is 11.4. The van der Waals surface area contributed by atoms with E-state index >= 15 is 0 Å². The first kappa shape index (κ1) is 16.5. The first-order valence-corrected chi connectivity index (χ1v) is 9.10. The smallest absolute Gasteiger partial charge is 0.265 e. The summed E-state index contributed by atoms with van der Waals surface area (Å²) in [6, 6.07) is 5.17. The molecule has 8 heteroatoms. The largest absolute Gasteiger partial charge is 0.465 e. The van der Waals surface area contributed by atoms with E-state index in [0.717, 1.165) is 4.47 Å². The molecule has 0 atom stereocenters. The van der Waals surface area contributed by atoms with Crippen molar-refractivity contribution in [2.24, 2.45) is 5.73 Å². The van der Waals surface area contributed by atoms with Gasteiger partial charge in [0.1, 0.15) is 16.4 Å². The van der Waals surface area contributed by atoms with Gasteiger partial charge in [-0.15, -0.1) is 0 Å². The van der Waals surface area contributed by atoms with Crippen LogP contribution in [0.1, 0.15) is 17.1 Å². The van der Waals surface area contributed by atoms with Crippen LogP contribution < -0.4 is 10.5 Å². The van der Waals surface area contributed by atoms with E-state index in [0.29, 0.717) is 27.2 Å². The maximum absolute atomic E-state index is 12.6. The third-order valence-electron chi connectivity index (χ3n) is 2.97. The van der Waals surface area contributed by atoms with E-state index in [2.05, 4.69) is 36.6 Å². The molecule has 21 heavy (non-hydrogen) atoms. The molecule has 0 amide bonds. The van der Waals surface area contributed by atoms with Gasteiger partial charge >= 0.3 is 0 Å². The number of sulfonamides is 1. The number of furan rings is 1. The van der Waals surface area contributed by atoms with Crippen molar-refractivity contribution in [2.45, 2.75) is 25.3 Å². The molecule has 0 fully saturated rings. The molecule has 0 saturated heterocycles. The molecule has 1 aromatic heterocycles. The number of halogens is 2. The standard InChI is InChI=1S/C13H14Br2N2O3S/c1-7-10(6-16)13(8(2)20-7)21(18,19)17-12-4-3-9(14)5-11(12)15/h3-5,17H,6,16H2,1-2H3. The Morgan fingerprint density at radius 2 is 1.90 bits per heavy atom. The Morgan fingerprint density at radius 1 is 1.24 bits per heavy atom. The molecule has 1 aromatic carbocycles. The molecule has 0 unspecified atom stereocenters. The van der Waals surface area contributed by atoms with Crippen molar-refractivity contribution in [1.29, 1.82) is 0 Å². The van der Waals surface area contributed by atoms with Crippen LogP contribution in [-0.4, -0.2) is 8.42 Å². The van der Waals surface area contributed by atoms with Gasteiger partial charge in [-0.2, -0.15) is 0 Å². The molecule has 0 aliphatic rings. The molecule has 3 N–H and O–H groups in total. The number of hydrogen-bond donors (Lipinski definition) is 2. The molecule has 0 aliphatic heterocycles. The molecule has 5 nitrogen and oxygen atoms in total. The van der Waals surface area contributed by atoms with Crippen molar-refractivity contribution in [2.75, 3.05) is 4.72 Å². The fourth-order valence-electron chi connectivity index (χ4n) is 2.07. The summed E-state index contributed by atoms with van der Waals surface area (Å²) in [5, 5.41) is 0. The lowest BCUT2D eigenvalue weighted by atomic mass is 10.2. The van der Waals surface area contributed by atoms with Crippen LogP contribution in [0.2, 0.25) is 0 Å². The van der Waals surface area contributed by atoms with Gasteiger partial charge < -0.3 is 10.2 Å². The summed E-state index contributed by atoms with van der Waals surface area (Å²) in [4.78, 5) is 0.109. The van der Waals surface area contributed by atoms with Crippen LogP contribution in [0.3, 0.4) is 0 Å². The molecule has 2 aromatic rings. The molecule has 0 aliphatic carbocycles. The van der Waals surface area contributed by atoms with Crippen molar-refractivity contribution in [3.8, 4) is 0 Å². The summed E-state index contributed by atoms with van der Waals surface area (Å²) in [6.07, 6.45) is 0. The third-order valence-corrected chi connectivity index (χ3v) is 5.68. The summed E-state index contributed by atoms with van der Waals surface area (Å²) >= 11 is 6.65. The number of aryl methyl sites for hydroxylation is 2. The topological polar surface area (TPSA) is 85.3 Å². The summed E-state index contributed by atoms with van der Waals surface area (Å²) in [5.74, 6) is 0.846. The van der Waals surface area contributed by atoms with Gasteiger partial charge in [0.15, 0.2) is 0 Å². The Kier molecular flexibility index (Phi) is 4.82. The van der Waals surface area contributed by atoms with Crippen LogP contribution >= 0.6 is 31.9 Å². The highest BCUT2D eigenvalue weighted by molar-refractivity contribution is 9.11. The van der Waals surface area contributed by atoms with Crippen molar-refractivity contribution < 1.29 is 12.8 Å². The van der Waals surface area contributed by atoms with Gasteiger partial charge in [0.25, 0.3) is 10.0 Å². The van der Waals surface area contributed by atoms with Crippen LogP contribution in [-0.2, 0) is 16.6 Å². The van der Waals surface area contributed by atoms with Crippen molar-refractivity contribution in [1.82, 2.24) is 0 Å². The molecule has 0 radical (unpaired) electrons. The minimum Gasteiger partial charge on any atom is -0.465 e. The Labute approximate surface area is 140 Å². The van der Waals surface area contributed by atoms with Gasteiger partial charge in [0, 0.05) is 21.1 Å². The van der Waals surface area contributed by atoms with E-state index in [4.69, 9.17) is 10.2 Å². The maximum atomic E-state index is 12.6. The molecule has 1 heterocycles. The van der Waals surface area contributed by atoms with Crippen LogP contribution in [0.15, 0.2) is 36.5 Å². The summed E-state index contributed by atoms with van der Waals surface area (Å²) < 4.78 is 34.6. The van der Waals surface area contributed by atoms with Gasteiger partial charge in [0.2, 0.25) is 0 Å². The van der Waals surface area contributed by atoms with Gasteiger partial charge in [-0.25, -0.2) is 8.42 Å². The highest BCUT2D eigenvalue weighted by Gasteiger charge is 2.26. The normalized spacial score (nSPS) is 11.7. The zero-order chi connectivity index (χ0) is 15.8. The van der Waals surface area contributed by atoms with Gasteiger partial charge in [-0.3, -0.25) is 4.72 Å². The van der Waals surface area contributed by atoms with E-state index in [1.54, 1.807) is 32.0 Å². The second-order valence-corrected chi connectivity index (χ2v) is 7.85. The van der Waals surface area contributed by atoms with Gasteiger partial charge in [0.05, 0.1) is 5.69 Å². The maximum Gasteiger partial charge on any atom is 0.265 e. The third kappa shape index (κ3) is 3.33. The van der Waals surface area contributed by atoms with E-state index in [-0.39, 0.29) is 11.4 Å². The molecule has 0 saturated carbocycles. The van der Waals surface area contributed by atoms with Gasteiger partial charge in [-0.05, 0) is 48.0 Å². The molecule has 114 valence electrons. The molecule has 0 bridgehead atoms. The Bertz CT molecular complexity index is 785. The number of hydrogen-bond acceptors (Lipinski definition) is 4. The average molecular weight is 438 g/mol. The SMILES string of the molecule is Cc1oc(C)c(S(=O)(=O)Nc2ccc(Br)cc2Br)c1CN. The number of anilines is 1. The molecule has 0 spiro atoms. The summed E-state index contributed by atoms with van der Waals surface area (Å²) in [6.45, 7) is 3.40. The molecular weight excluding hydrogens is 424 g/mol. The first-order chi connectivity index (χ1) is 9.76. The Hall–Kier alpha value is -0.830. The lowest BCUT2D eigenvalue weighted by Gasteiger charge is -2.10. The minimum atomic E-state index is -3.77. The van der Waals surface area contributed by atoms with Crippen LogP contribution in [0.5, 0.6) is 0 Å². The fourth-order valence-corrected chi connectivity index (χ4v) is 4.88. The second kappa shape index (κ2) is 6.12. The summed E-state index contributed by atoms with van der Waals surface area (Å²) in [7, 11) is -3.77. The first-order valence-electron chi connectivity index (χ1n) is 6.03. The predicted octanol–water partition coefficient (Wildman–Crippen LogP) is 3.68. The van der Waals surface area contributed by atoms with Crippen LogP contribution in [0, 0.1) is 13.8 Å². The van der Waals surface area contributed by atoms with Gasteiger partial charge in [-0.1, -0.05) is 15.9 Å². The monoisotopic (exact) mass is 436 g/mol. The van der Waals surface area contributed by atoms with Crippen LogP contribution in [0.4, 0.5) is 5.69 Å². The number of nitrogens with one attached hydrogen (secondary N) is 1. The zero-order valence-corrected chi connectivity index (χ0v) is 15.4. The highest BCUT2D eigenvalue weighted by atomic mass is 79.9. The van der Waals surface area contributed by atoms with E-state index in [9.17, 15) is 8.42 Å². The predicted molar refractivity (Wildman–Crippen MR) is 88.7 cm³/mol. The lowest BCUT2D eigenvalue weighted by Crippen LogP contribution is -2.16. The Balaban J connectivity index is 2.48. The van der Waals surface area contributed by atoms with Crippen molar-refractivity contribution in [3.05, 3.63) is 44.2 Å². The van der Waals surface area contributed by atoms with E-state index in [1.807, 2.05) is 0 Å². The Morgan fingerprint density at radius 3 is 2.48 bits per heavy atom. The quantitative estimate of drug-likeness (QED) is 0.763. The summed E-state index contributed by atoms with van der Waals surface area (Å²) in [5.41, 5.74) is 6.57. The number of nitrogens with two attached hydrogens (primary N) is 1. The highest BCUT2D eigenvalue weighted by Crippen LogP contribution is 2.31. The second-order valence-electron chi connectivity index (χ2n) is 4.46. The molecule has 2 rings (SSSR count). The minimum absolute atomic E-state index is 0.0981. The lowest BCUT2D eigenvalue weighted by molar-refractivity contribution is 0.494. The van der Waals surface area contributed by atoms with E-state index in [1.165, 1.54) is 0 Å². The average Bonchev–Trinajstić information content (AvgIpc) is 2.67. The fraction of sp³-hybridized carbons (Fsp3) is 0.231. The number of benzene rings is 1. The number of rotatable bonds is 4. The van der Waals surface area contributed by atoms with E-state index < -0.39 is 10.0 Å². The van der Waals surface area contributed by atoms with Crippen molar-refractivity contribution >= 4 is 47.6 Å². The van der Waals surface area contributed by atoms with Crippen molar-refractivity contribution in [3.63, 3.8) is 0 Å². The van der Waals surface area contributed by atoms with Crippen LogP contribution in [0.25, 0.3) is 0 Å².